The second-order valence-corrected chi connectivity index (χ2v) is 6.42. The molecule has 25 heavy (non-hydrogen) atoms. The molecule has 0 saturated heterocycles. The predicted octanol–water partition coefficient (Wildman–Crippen LogP) is 2.52. The Labute approximate surface area is 150 Å². The van der Waals surface area contributed by atoms with Gasteiger partial charge in [0, 0.05) is 44.5 Å². The summed E-state index contributed by atoms with van der Waals surface area (Å²) in [5, 5.41) is 2.78. The minimum atomic E-state index is -0.364. The molecule has 1 rings (SSSR count). The Bertz CT molecular complexity index is 482. The number of nitrogens with zero attached hydrogens (tertiary/aromatic N) is 1. The van der Waals surface area contributed by atoms with Gasteiger partial charge in [-0.1, -0.05) is 32.6 Å². The van der Waals surface area contributed by atoms with Crippen molar-refractivity contribution in [3.05, 3.63) is 12.2 Å². The first kappa shape index (κ1) is 21.1. The van der Waals surface area contributed by atoms with Gasteiger partial charge in [-0.25, -0.2) is 0 Å². The zero-order valence-corrected chi connectivity index (χ0v) is 15.2. The van der Waals surface area contributed by atoms with E-state index in [0.717, 1.165) is 37.0 Å². The van der Waals surface area contributed by atoms with E-state index in [0.29, 0.717) is 25.2 Å². The standard InChI is InChI=1S/C19H30N2O4/c1-2-3-4-6-9-16(22)10-7-5-8-14-20-17(23)13-15-21-18(24)11-12-19(21)25/h11-12H,2-10,13-15H2,1H3,(H,20,23). The van der Waals surface area contributed by atoms with Crippen molar-refractivity contribution in [2.75, 3.05) is 13.1 Å². The van der Waals surface area contributed by atoms with Crippen LogP contribution in [0.4, 0.5) is 0 Å². The lowest BCUT2D eigenvalue weighted by Gasteiger charge is -2.13. The molecule has 0 saturated carbocycles. The van der Waals surface area contributed by atoms with E-state index in [1.807, 2.05) is 0 Å². The van der Waals surface area contributed by atoms with Crippen LogP contribution in [0, 0.1) is 0 Å². The maximum absolute atomic E-state index is 11.7. The highest BCUT2D eigenvalue weighted by atomic mass is 16.2. The van der Waals surface area contributed by atoms with Gasteiger partial charge in [0.15, 0.2) is 0 Å². The van der Waals surface area contributed by atoms with Crippen molar-refractivity contribution < 1.29 is 19.2 Å². The van der Waals surface area contributed by atoms with Gasteiger partial charge in [0.25, 0.3) is 11.8 Å². The van der Waals surface area contributed by atoms with E-state index in [4.69, 9.17) is 0 Å². The van der Waals surface area contributed by atoms with Crippen molar-refractivity contribution in [2.24, 2.45) is 0 Å². The van der Waals surface area contributed by atoms with Crippen molar-refractivity contribution in [1.29, 1.82) is 0 Å². The topological polar surface area (TPSA) is 83.6 Å². The number of carbonyl (C=O) groups is 4. The third-order valence-corrected chi connectivity index (χ3v) is 4.23. The molecule has 0 aromatic rings. The maximum Gasteiger partial charge on any atom is 0.253 e. The average molecular weight is 350 g/mol. The summed E-state index contributed by atoms with van der Waals surface area (Å²) < 4.78 is 0. The summed E-state index contributed by atoms with van der Waals surface area (Å²) in [7, 11) is 0. The number of ketones is 1. The van der Waals surface area contributed by atoms with Crippen molar-refractivity contribution in [2.45, 2.75) is 71.1 Å². The molecule has 1 aliphatic rings. The van der Waals surface area contributed by atoms with Crippen LogP contribution in [0.3, 0.4) is 0 Å². The normalized spacial score (nSPS) is 13.6. The Hall–Kier alpha value is -1.98. The fourth-order valence-electron chi connectivity index (χ4n) is 2.68. The van der Waals surface area contributed by atoms with Crippen LogP contribution in [0.1, 0.15) is 71.1 Å². The molecule has 0 atom stereocenters. The lowest BCUT2D eigenvalue weighted by molar-refractivity contribution is -0.137. The molecular formula is C19H30N2O4. The van der Waals surface area contributed by atoms with Crippen molar-refractivity contribution in [3.8, 4) is 0 Å². The lowest BCUT2D eigenvalue weighted by Crippen LogP contribution is -2.34. The van der Waals surface area contributed by atoms with Gasteiger partial charge >= 0.3 is 0 Å². The molecule has 1 aliphatic heterocycles. The van der Waals surface area contributed by atoms with Crippen LogP contribution < -0.4 is 5.32 Å². The molecule has 0 fully saturated rings. The first-order valence-corrected chi connectivity index (χ1v) is 9.36. The quantitative estimate of drug-likeness (QED) is 0.385. The van der Waals surface area contributed by atoms with E-state index < -0.39 is 0 Å². The molecule has 1 heterocycles. The lowest BCUT2D eigenvalue weighted by atomic mass is 10.1. The largest absolute Gasteiger partial charge is 0.356 e. The summed E-state index contributed by atoms with van der Waals surface area (Å²) in [5.74, 6) is -0.553. The number of nitrogens with one attached hydrogen (secondary N) is 1. The van der Waals surface area contributed by atoms with Gasteiger partial charge < -0.3 is 5.32 Å². The highest BCUT2D eigenvalue weighted by Gasteiger charge is 2.23. The van der Waals surface area contributed by atoms with E-state index in [1.165, 1.54) is 25.0 Å². The third kappa shape index (κ3) is 9.17. The summed E-state index contributed by atoms with van der Waals surface area (Å²) >= 11 is 0. The fourth-order valence-corrected chi connectivity index (χ4v) is 2.68. The zero-order chi connectivity index (χ0) is 18.5. The summed E-state index contributed by atoms with van der Waals surface area (Å²) in [4.78, 5) is 47.1. The first-order valence-electron chi connectivity index (χ1n) is 9.36. The number of Topliss-reactive ketones (excluding diaryl/α,β-unsaturated/α-hetero) is 1. The van der Waals surface area contributed by atoms with Crippen molar-refractivity contribution in [1.82, 2.24) is 10.2 Å². The summed E-state index contributed by atoms with van der Waals surface area (Å²) in [6, 6.07) is 0. The van der Waals surface area contributed by atoms with Crippen molar-refractivity contribution in [3.63, 3.8) is 0 Å². The van der Waals surface area contributed by atoms with E-state index in [2.05, 4.69) is 12.2 Å². The van der Waals surface area contributed by atoms with E-state index in [9.17, 15) is 19.2 Å². The minimum Gasteiger partial charge on any atom is -0.356 e. The molecule has 0 aromatic heterocycles. The fraction of sp³-hybridized carbons (Fsp3) is 0.684. The minimum absolute atomic E-state index is 0.114. The van der Waals surface area contributed by atoms with Gasteiger partial charge in [-0.3, -0.25) is 24.1 Å². The van der Waals surface area contributed by atoms with Crippen LogP contribution in [0.15, 0.2) is 12.2 Å². The van der Waals surface area contributed by atoms with Gasteiger partial charge in [-0.15, -0.1) is 0 Å². The number of imide groups is 1. The number of hydrogen-bond acceptors (Lipinski definition) is 4. The summed E-state index contributed by atoms with van der Waals surface area (Å²) in [5.41, 5.74) is 0. The van der Waals surface area contributed by atoms with Crippen LogP contribution in [-0.2, 0) is 19.2 Å². The Morgan fingerprint density at radius 1 is 0.880 bits per heavy atom. The molecule has 0 aromatic carbocycles. The molecule has 3 amide bonds. The second kappa shape index (κ2) is 12.4. The SMILES string of the molecule is CCCCCCC(=O)CCCCCNC(=O)CCN1C(=O)C=CC1=O. The first-order chi connectivity index (χ1) is 12.0. The number of rotatable bonds is 14. The monoisotopic (exact) mass is 350 g/mol. The Kier molecular flexibility index (Phi) is 10.4. The third-order valence-electron chi connectivity index (χ3n) is 4.23. The van der Waals surface area contributed by atoms with Crippen LogP contribution >= 0.6 is 0 Å². The zero-order valence-electron chi connectivity index (χ0n) is 15.2. The van der Waals surface area contributed by atoms with Crippen molar-refractivity contribution >= 4 is 23.5 Å². The van der Waals surface area contributed by atoms with Crippen LogP contribution in [0.25, 0.3) is 0 Å². The number of amides is 3. The molecule has 0 unspecified atom stereocenters. The predicted molar refractivity (Wildman–Crippen MR) is 95.7 cm³/mol. The van der Waals surface area contributed by atoms with Gasteiger partial charge in [0.05, 0.1) is 0 Å². The molecule has 0 aliphatic carbocycles. The van der Waals surface area contributed by atoms with Gasteiger partial charge in [0.2, 0.25) is 5.91 Å². The molecule has 1 N–H and O–H groups in total. The number of carbonyl (C=O) groups excluding carboxylic acids is 4. The van der Waals surface area contributed by atoms with E-state index in [1.54, 1.807) is 0 Å². The molecule has 6 nitrogen and oxygen atoms in total. The van der Waals surface area contributed by atoms with Gasteiger partial charge in [-0.05, 0) is 19.3 Å². The molecule has 6 heteroatoms. The van der Waals surface area contributed by atoms with Gasteiger partial charge in [0.1, 0.15) is 5.78 Å². The van der Waals surface area contributed by atoms with Crippen LogP contribution in [0.5, 0.6) is 0 Å². The molecule has 0 radical (unpaired) electrons. The smallest absolute Gasteiger partial charge is 0.253 e. The summed E-state index contributed by atoms with van der Waals surface area (Å²) in [6.07, 6.45) is 11.0. The Balaban J connectivity index is 1.95. The maximum atomic E-state index is 11.7. The molecule has 140 valence electrons. The van der Waals surface area contributed by atoms with Crippen LogP contribution in [-0.4, -0.2) is 41.5 Å². The summed E-state index contributed by atoms with van der Waals surface area (Å²) in [6.45, 7) is 2.83. The van der Waals surface area contributed by atoms with E-state index in [-0.39, 0.29) is 30.7 Å². The van der Waals surface area contributed by atoms with E-state index >= 15 is 0 Å². The van der Waals surface area contributed by atoms with Gasteiger partial charge in [-0.2, -0.15) is 0 Å². The molecule has 0 spiro atoms. The highest BCUT2D eigenvalue weighted by Crippen LogP contribution is 2.08. The Morgan fingerprint density at radius 2 is 1.48 bits per heavy atom. The molecule has 0 bridgehead atoms. The van der Waals surface area contributed by atoms with Crippen LogP contribution in [0.2, 0.25) is 0 Å². The number of unbranched alkanes of at least 4 members (excludes halogenated alkanes) is 5. The number of hydrogen-bond donors (Lipinski definition) is 1. The highest BCUT2D eigenvalue weighted by molar-refractivity contribution is 6.13. The average Bonchev–Trinajstić information content (AvgIpc) is 2.91. The Morgan fingerprint density at radius 3 is 2.08 bits per heavy atom. The molecular weight excluding hydrogens is 320 g/mol. The second-order valence-electron chi connectivity index (χ2n) is 6.42.